The highest BCUT2D eigenvalue weighted by Crippen LogP contribution is 2.20. The summed E-state index contributed by atoms with van der Waals surface area (Å²) in [6, 6.07) is 8.02. The van der Waals surface area contributed by atoms with Crippen molar-refractivity contribution in [1.29, 1.82) is 0 Å². The molecule has 0 saturated heterocycles. The topological polar surface area (TPSA) is 26.3 Å². The molecule has 0 unspecified atom stereocenters. The zero-order valence-electron chi connectivity index (χ0n) is 10.6. The monoisotopic (exact) mass is 296 g/mol. The number of benzene rings is 2. The van der Waals surface area contributed by atoms with E-state index in [9.17, 15) is 13.6 Å². The van der Waals surface area contributed by atoms with Gasteiger partial charge in [-0.25, -0.2) is 8.78 Å². The van der Waals surface area contributed by atoms with E-state index in [1.54, 1.807) is 6.07 Å². The van der Waals surface area contributed by atoms with E-state index in [0.29, 0.717) is 5.56 Å². The van der Waals surface area contributed by atoms with E-state index in [-0.39, 0.29) is 22.8 Å². The minimum atomic E-state index is -0.684. The summed E-state index contributed by atoms with van der Waals surface area (Å²) < 4.78 is 31.9. The Bertz CT molecular complexity index is 656. The number of Topliss-reactive ketones (excluding diaryl/α,β-unsaturated/α-hetero) is 1. The van der Waals surface area contributed by atoms with Crippen LogP contribution in [0.5, 0.6) is 5.75 Å². The number of ketones is 1. The fourth-order valence-electron chi connectivity index (χ4n) is 1.82. The number of rotatable bonds is 4. The minimum absolute atomic E-state index is 0.0642. The molecule has 2 nitrogen and oxygen atoms in total. The molecule has 20 heavy (non-hydrogen) atoms. The molecule has 0 aromatic heterocycles. The highest BCUT2D eigenvalue weighted by atomic mass is 35.5. The quantitative estimate of drug-likeness (QED) is 0.796. The van der Waals surface area contributed by atoms with Crippen LogP contribution in [0, 0.1) is 11.6 Å². The predicted octanol–water partition coefficient (Wildman–Crippen LogP) is 4.05. The molecule has 0 aliphatic rings. The van der Waals surface area contributed by atoms with E-state index >= 15 is 0 Å². The third-order valence-corrected chi connectivity index (χ3v) is 3.05. The van der Waals surface area contributed by atoms with Crippen LogP contribution >= 0.6 is 11.6 Å². The van der Waals surface area contributed by atoms with Crippen LogP contribution in [0.1, 0.15) is 15.9 Å². The third-order valence-electron chi connectivity index (χ3n) is 2.81. The van der Waals surface area contributed by atoms with Crippen LogP contribution in [0.2, 0.25) is 5.02 Å². The molecule has 2 rings (SSSR count). The summed E-state index contributed by atoms with van der Waals surface area (Å²) in [6.45, 7) is 0. The molecule has 0 saturated carbocycles. The van der Waals surface area contributed by atoms with Crippen LogP contribution in [0.3, 0.4) is 0 Å². The van der Waals surface area contributed by atoms with Crippen LogP contribution < -0.4 is 4.74 Å². The summed E-state index contributed by atoms with van der Waals surface area (Å²) in [5.41, 5.74) is 0.383. The summed E-state index contributed by atoms with van der Waals surface area (Å²) in [5, 5.41) is 0.217. The van der Waals surface area contributed by atoms with E-state index < -0.39 is 17.4 Å². The Morgan fingerprint density at radius 3 is 2.50 bits per heavy atom. The summed E-state index contributed by atoms with van der Waals surface area (Å²) in [7, 11) is 1.35. The van der Waals surface area contributed by atoms with Gasteiger partial charge in [0.2, 0.25) is 0 Å². The lowest BCUT2D eigenvalue weighted by atomic mass is 10.0. The van der Waals surface area contributed by atoms with Gasteiger partial charge >= 0.3 is 0 Å². The Balaban J connectivity index is 2.21. The molecule has 5 heteroatoms. The molecule has 0 N–H and O–H groups in total. The van der Waals surface area contributed by atoms with Crippen molar-refractivity contribution in [3.63, 3.8) is 0 Å². The molecule has 0 atom stereocenters. The van der Waals surface area contributed by atoms with Crippen molar-refractivity contribution in [2.75, 3.05) is 7.11 Å². The molecule has 2 aromatic rings. The second kappa shape index (κ2) is 6.01. The van der Waals surface area contributed by atoms with E-state index in [4.69, 9.17) is 16.3 Å². The second-order valence-electron chi connectivity index (χ2n) is 4.19. The lowest BCUT2D eigenvalue weighted by Gasteiger charge is -2.06. The van der Waals surface area contributed by atoms with Crippen molar-refractivity contribution in [2.24, 2.45) is 0 Å². The maximum Gasteiger partial charge on any atom is 0.170 e. The van der Waals surface area contributed by atoms with Gasteiger partial charge in [-0.1, -0.05) is 17.7 Å². The molecule has 0 amide bonds. The largest absolute Gasteiger partial charge is 0.494 e. The number of hydrogen-bond acceptors (Lipinski definition) is 2. The van der Waals surface area contributed by atoms with Crippen LogP contribution in [0.4, 0.5) is 8.78 Å². The Hall–Kier alpha value is -1.94. The molecule has 0 heterocycles. The molecular weight excluding hydrogens is 286 g/mol. The fourth-order valence-corrected chi connectivity index (χ4v) is 1.97. The van der Waals surface area contributed by atoms with Crippen molar-refractivity contribution >= 4 is 17.4 Å². The Labute approximate surface area is 119 Å². The molecule has 0 spiro atoms. The Morgan fingerprint density at radius 1 is 1.15 bits per heavy atom. The molecule has 0 radical (unpaired) electrons. The lowest BCUT2D eigenvalue weighted by Crippen LogP contribution is -2.06. The van der Waals surface area contributed by atoms with Gasteiger partial charge in [0.25, 0.3) is 0 Å². The standard InChI is InChI=1S/C15H11ClF2O2/c1-20-15-5-2-9(6-13(15)18)7-14(19)11-4-3-10(16)8-12(11)17/h2-6,8H,7H2,1H3. The Morgan fingerprint density at radius 2 is 1.90 bits per heavy atom. The van der Waals surface area contributed by atoms with Crippen molar-refractivity contribution in [2.45, 2.75) is 6.42 Å². The first kappa shape index (κ1) is 14.5. The molecule has 0 bridgehead atoms. The average molecular weight is 297 g/mol. The molecule has 0 fully saturated rings. The molecule has 2 aromatic carbocycles. The molecular formula is C15H11ClF2O2. The van der Waals surface area contributed by atoms with E-state index in [2.05, 4.69) is 0 Å². The summed E-state index contributed by atoms with van der Waals surface area (Å²) in [4.78, 5) is 12.0. The maximum absolute atomic E-state index is 13.6. The van der Waals surface area contributed by atoms with Gasteiger partial charge in [0.05, 0.1) is 12.7 Å². The van der Waals surface area contributed by atoms with Gasteiger partial charge in [-0.15, -0.1) is 0 Å². The van der Waals surface area contributed by atoms with Crippen LogP contribution in [0.25, 0.3) is 0 Å². The first-order valence-corrected chi connectivity index (χ1v) is 6.19. The van der Waals surface area contributed by atoms with Crippen molar-refractivity contribution in [3.8, 4) is 5.75 Å². The average Bonchev–Trinajstić information content (AvgIpc) is 2.38. The number of halogens is 3. The van der Waals surface area contributed by atoms with E-state index in [0.717, 1.165) is 6.07 Å². The highest BCUT2D eigenvalue weighted by Gasteiger charge is 2.14. The normalized spacial score (nSPS) is 10.4. The lowest BCUT2D eigenvalue weighted by molar-refractivity contribution is 0.0989. The van der Waals surface area contributed by atoms with Gasteiger partial charge in [0, 0.05) is 11.4 Å². The number of carbonyl (C=O) groups is 1. The van der Waals surface area contributed by atoms with Gasteiger partial charge in [-0.2, -0.15) is 0 Å². The first-order valence-electron chi connectivity index (χ1n) is 5.82. The van der Waals surface area contributed by atoms with Gasteiger partial charge in [-0.05, 0) is 35.9 Å². The minimum Gasteiger partial charge on any atom is -0.494 e. The second-order valence-corrected chi connectivity index (χ2v) is 4.63. The van der Waals surface area contributed by atoms with E-state index in [1.807, 2.05) is 0 Å². The highest BCUT2D eigenvalue weighted by molar-refractivity contribution is 6.30. The van der Waals surface area contributed by atoms with Crippen LogP contribution in [-0.2, 0) is 6.42 Å². The van der Waals surface area contributed by atoms with Gasteiger partial charge in [0.1, 0.15) is 5.82 Å². The van der Waals surface area contributed by atoms with Crippen LogP contribution in [0.15, 0.2) is 36.4 Å². The zero-order valence-corrected chi connectivity index (χ0v) is 11.4. The van der Waals surface area contributed by atoms with E-state index in [1.165, 1.54) is 31.4 Å². The van der Waals surface area contributed by atoms with Crippen molar-refractivity contribution in [3.05, 3.63) is 64.2 Å². The summed E-state index contributed by atoms with van der Waals surface area (Å²) >= 11 is 5.62. The molecule has 104 valence electrons. The van der Waals surface area contributed by atoms with Gasteiger partial charge < -0.3 is 4.74 Å². The molecule has 0 aliphatic carbocycles. The number of methoxy groups -OCH3 is 1. The third kappa shape index (κ3) is 3.14. The number of carbonyl (C=O) groups excluding carboxylic acids is 1. The zero-order chi connectivity index (χ0) is 14.7. The van der Waals surface area contributed by atoms with Gasteiger partial charge in [0.15, 0.2) is 17.3 Å². The smallest absolute Gasteiger partial charge is 0.170 e. The van der Waals surface area contributed by atoms with Crippen LogP contribution in [-0.4, -0.2) is 12.9 Å². The summed E-state index contributed by atoms with van der Waals surface area (Å²) in [6.07, 6.45) is -0.0978. The van der Waals surface area contributed by atoms with Crippen molar-refractivity contribution < 1.29 is 18.3 Å². The number of hydrogen-bond donors (Lipinski definition) is 0. The van der Waals surface area contributed by atoms with Crippen molar-refractivity contribution in [1.82, 2.24) is 0 Å². The first-order chi connectivity index (χ1) is 9.51. The van der Waals surface area contributed by atoms with Gasteiger partial charge in [-0.3, -0.25) is 4.79 Å². The SMILES string of the molecule is COc1ccc(CC(=O)c2ccc(Cl)cc2F)cc1F. The Kier molecular flexibility index (Phi) is 4.35. The summed E-state index contributed by atoms with van der Waals surface area (Å²) in [5.74, 6) is -1.59. The maximum atomic E-state index is 13.6. The molecule has 0 aliphatic heterocycles. The number of ether oxygens (including phenoxy) is 1. The predicted molar refractivity (Wildman–Crippen MR) is 72.4 cm³/mol. The fraction of sp³-hybridized carbons (Fsp3) is 0.133.